The fourth-order valence-corrected chi connectivity index (χ4v) is 3.85. The molecule has 2 heterocycles. The predicted molar refractivity (Wildman–Crippen MR) is 111 cm³/mol. The number of aryl methyl sites for hydroxylation is 2. The zero-order valence-electron chi connectivity index (χ0n) is 15.0. The molecule has 4 rings (SSSR count). The summed E-state index contributed by atoms with van der Waals surface area (Å²) in [5.74, 6) is 0. The zero-order chi connectivity index (χ0) is 19.1. The molecule has 0 fully saturated rings. The topological polar surface area (TPSA) is 56.2 Å². The smallest absolute Gasteiger partial charge is 0.156 e. The summed E-state index contributed by atoms with van der Waals surface area (Å²) in [5.41, 5.74) is 13.3. The third-order valence-corrected chi connectivity index (χ3v) is 5.27. The number of hydrogen-bond acceptors (Lipinski definition) is 3. The van der Waals surface area contributed by atoms with Crippen molar-refractivity contribution in [2.24, 2.45) is 5.73 Å². The summed E-state index contributed by atoms with van der Waals surface area (Å²) in [4.78, 5) is 4.71. The van der Waals surface area contributed by atoms with Crippen LogP contribution in [0.25, 0.3) is 28.2 Å². The number of hydrogen-bond donors (Lipinski definition) is 1. The maximum atomic E-state index is 6.51. The molecule has 2 aromatic carbocycles. The van der Waals surface area contributed by atoms with Crippen LogP contribution in [0.4, 0.5) is 0 Å². The summed E-state index contributed by atoms with van der Waals surface area (Å²) < 4.78 is 1.83. The van der Waals surface area contributed by atoms with Crippen LogP contribution < -0.4 is 5.73 Å². The number of fused-ring (bicyclic) bond motifs is 1. The molecule has 4 aromatic rings. The van der Waals surface area contributed by atoms with Crippen LogP contribution in [0, 0.1) is 13.8 Å². The van der Waals surface area contributed by atoms with Crippen molar-refractivity contribution in [3.05, 3.63) is 75.4 Å². The lowest BCUT2D eigenvalue weighted by molar-refractivity contribution is 0.898. The minimum atomic E-state index is 0.336. The van der Waals surface area contributed by atoms with E-state index in [1.807, 2.05) is 41.8 Å². The molecule has 0 bridgehead atoms. The maximum absolute atomic E-state index is 6.51. The SMILES string of the molecule is Cc1ccccc1-c1cc2nc(C)c(CN)c(-c3ccc(Cl)cc3Cl)n2n1. The Balaban J connectivity index is 2.05. The molecule has 0 unspecified atom stereocenters. The summed E-state index contributed by atoms with van der Waals surface area (Å²) in [5, 5.41) is 5.98. The largest absolute Gasteiger partial charge is 0.326 e. The number of rotatable bonds is 3. The lowest BCUT2D eigenvalue weighted by Crippen LogP contribution is -2.09. The number of nitrogens with zero attached hydrogens (tertiary/aromatic N) is 3. The van der Waals surface area contributed by atoms with Crippen molar-refractivity contribution in [1.29, 1.82) is 0 Å². The van der Waals surface area contributed by atoms with Gasteiger partial charge in [0.05, 0.1) is 16.4 Å². The van der Waals surface area contributed by atoms with Crippen LogP contribution in [0.5, 0.6) is 0 Å². The first kappa shape index (κ1) is 18.0. The monoisotopic (exact) mass is 396 g/mol. The Morgan fingerprint density at radius 1 is 1.00 bits per heavy atom. The van der Waals surface area contributed by atoms with E-state index in [4.69, 9.17) is 39.0 Å². The second kappa shape index (κ2) is 6.97. The molecule has 0 saturated heterocycles. The number of nitrogens with two attached hydrogens (primary N) is 1. The van der Waals surface area contributed by atoms with Crippen LogP contribution in [-0.2, 0) is 6.54 Å². The Morgan fingerprint density at radius 2 is 1.78 bits per heavy atom. The zero-order valence-corrected chi connectivity index (χ0v) is 16.5. The average molecular weight is 397 g/mol. The molecule has 0 saturated carbocycles. The maximum Gasteiger partial charge on any atom is 0.156 e. The minimum absolute atomic E-state index is 0.336. The molecule has 4 nitrogen and oxygen atoms in total. The highest BCUT2D eigenvalue weighted by Crippen LogP contribution is 2.34. The molecule has 6 heteroatoms. The van der Waals surface area contributed by atoms with Crippen LogP contribution in [0.15, 0.2) is 48.5 Å². The van der Waals surface area contributed by atoms with Gasteiger partial charge in [0.25, 0.3) is 0 Å². The van der Waals surface area contributed by atoms with Crippen molar-refractivity contribution < 1.29 is 0 Å². The second-order valence-electron chi connectivity index (χ2n) is 6.47. The first-order valence-electron chi connectivity index (χ1n) is 8.60. The van der Waals surface area contributed by atoms with E-state index in [-0.39, 0.29) is 0 Å². The Labute approximate surface area is 167 Å². The number of aromatic nitrogens is 3. The van der Waals surface area contributed by atoms with E-state index in [2.05, 4.69) is 19.1 Å². The van der Waals surface area contributed by atoms with Crippen LogP contribution in [0.1, 0.15) is 16.8 Å². The summed E-state index contributed by atoms with van der Waals surface area (Å²) in [6, 6.07) is 15.6. The van der Waals surface area contributed by atoms with Crippen molar-refractivity contribution in [3.8, 4) is 22.5 Å². The standard InChI is InChI=1S/C21H18Cl2N4/c1-12-5-3-4-6-15(12)19-10-20-25-13(2)17(11-24)21(27(20)26-19)16-8-7-14(22)9-18(16)23/h3-10H,11,24H2,1-2H3. The minimum Gasteiger partial charge on any atom is -0.326 e. The van der Waals surface area contributed by atoms with Crippen molar-refractivity contribution in [3.63, 3.8) is 0 Å². The molecule has 27 heavy (non-hydrogen) atoms. The van der Waals surface area contributed by atoms with Gasteiger partial charge in [0.2, 0.25) is 0 Å². The molecule has 0 aliphatic heterocycles. The van der Waals surface area contributed by atoms with E-state index in [0.29, 0.717) is 16.6 Å². The summed E-state index contributed by atoms with van der Waals surface area (Å²) in [6.07, 6.45) is 0. The van der Waals surface area contributed by atoms with E-state index >= 15 is 0 Å². The van der Waals surface area contributed by atoms with E-state index in [9.17, 15) is 0 Å². The van der Waals surface area contributed by atoms with E-state index < -0.39 is 0 Å². The van der Waals surface area contributed by atoms with Crippen molar-refractivity contribution in [2.45, 2.75) is 20.4 Å². The molecular weight excluding hydrogens is 379 g/mol. The molecule has 0 spiro atoms. The second-order valence-corrected chi connectivity index (χ2v) is 7.31. The third kappa shape index (κ3) is 3.10. The van der Waals surface area contributed by atoms with E-state index in [1.54, 1.807) is 6.07 Å². The summed E-state index contributed by atoms with van der Waals surface area (Å²) in [7, 11) is 0. The van der Waals surface area contributed by atoms with Gasteiger partial charge in [0.1, 0.15) is 0 Å². The van der Waals surface area contributed by atoms with Gasteiger partial charge in [-0.2, -0.15) is 5.10 Å². The van der Waals surface area contributed by atoms with Gasteiger partial charge in [-0.25, -0.2) is 9.50 Å². The molecule has 0 amide bonds. The van der Waals surface area contributed by atoms with E-state index in [0.717, 1.165) is 45.0 Å². The molecule has 0 aliphatic carbocycles. The average Bonchev–Trinajstić information content (AvgIpc) is 3.04. The summed E-state index contributed by atoms with van der Waals surface area (Å²) >= 11 is 12.6. The molecule has 2 aromatic heterocycles. The van der Waals surface area contributed by atoms with Gasteiger partial charge in [-0.15, -0.1) is 0 Å². The Kier molecular flexibility index (Phi) is 4.64. The highest BCUT2D eigenvalue weighted by atomic mass is 35.5. The van der Waals surface area contributed by atoms with Gasteiger partial charge < -0.3 is 5.73 Å². The molecule has 136 valence electrons. The normalized spacial score (nSPS) is 11.3. The van der Waals surface area contributed by atoms with E-state index in [1.165, 1.54) is 0 Å². The molecule has 2 N–H and O–H groups in total. The lowest BCUT2D eigenvalue weighted by Gasteiger charge is -2.14. The van der Waals surface area contributed by atoms with Gasteiger partial charge in [-0.1, -0.05) is 47.5 Å². The Bertz CT molecular complexity index is 1160. The van der Waals surface area contributed by atoms with Crippen molar-refractivity contribution >= 4 is 28.8 Å². The number of halogens is 2. The molecule has 0 radical (unpaired) electrons. The van der Waals surface area contributed by atoms with Crippen molar-refractivity contribution in [1.82, 2.24) is 14.6 Å². The molecule has 0 aliphatic rings. The van der Waals surface area contributed by atoms with Gasteiger partial charge in [0, 0.05) is 40.0 Å². The highest BCUT2D eigenvalue weighted by molar-refractivity contribution is 6.36. The first-order valence-corrected chi connectivity index (χ1v) is 9.36. The predicted octanol–water partition coefficient (Wildman–Crippen LogP) is 5.45. The lowest BCUT2D eigenvalue weighted by atomic mass is 10.0. The van der Waals surface area contributed by atoms with Crippen molar-refractivity contribution in [2.75, 3.05) is 0 Å². The fraction of sp³-hybridized carbons (Fsp3) is 0.143. The van der Waals surface area contributed by atoms with Gasteiger partial charge >= 0.3 is 0 Å². The van der Waals surface area contributed by atoms with Crippen LogP contribution in [0.3, 0.4) is 0 Å². The fourth-order valence-electron chi connectivity index (χ4n) is 3.35. The van der Waals surface area contributed by atoms with Crippen LogP contribution in [0.2, 0.25) is 10.0 Å². The van der Waals surface area contributed by atoms with Gasteiger partial charge in [0.15, 0.2) is 5.65 Å². The highest BCUT2D eigenvalue weighted by Gasteiger charge is 2.19. The van der Waals surface area contributed by atoms with Crippen LogP contribution >= 0.6 is 23.2 Å². The Hall–Kier alpha value is -2.40. The number of benzene rings is 2. The van der Waals surface area contributed by atoms with Crippen LogP contribution in [-0.4, -0.2) is 14.6 Å². The first-order chi connectivity index (χ1) is 13.0. The molecular formula is C21H18Cl2N4. The quantitative estimate of drug-likeness (QED) is 0.501. The van der Waals surface area contributed by atoms with Gasteiger partial charge in [-0.3, -0.25) is 0 Å². The Morgan fingerprint density at radius 3 is 2.48 bits per heavy atom. The van der Waals surface area contributed by atoms with Gasteiger partial charge in [-0.05, 0) is 37.6 Å². The molecule has 0 atom stereocenters. The summed E-state index contributed by atoms with van der Waals surface area (Å²) in [6.45, 7) is 4.36. The third-order valence-electron chi connectivity index (χ3n) is 4.72.